The Bertz CT molecular complexity index is 353. The largest absolute Gasteiger partial charge is 0.285 e. The highest BCUT2D eigenvalue weighted by Crippen LogP contribution is 2.07. The second-order valence-electron chi connectivity index (χ2n) is 4.35. The van der Waals surface area contributed by atoms with Crippen molar-refractivity contribution in [1.29, 1.82) is 0 Å². The summed E-state index contributed by atoms with van der Waals surface area (Å²) in [6, 6.07) is 7.67. The van der Waals surface area contributed by atoms with Gasteiger partial charge in [-0.1, -0.05) is 24.1 Å². The molecule has 1 saturated heterocycles. The molecule has 1 aliphatic rings. The summed E-state index contributed by atoms with van der Waals surface area (Å²) in [6.45, 7) is 3.96. The molecule has 1 aliphatic heterocycles. The number of aryl methyl sites for hydroxylation is 1. The van der Waals surface area contributed by atoms with Gasteiger partial charge in [-0.3, -0.25) is 10.2 Å². The lowest BCUT2D eigenvalue weighted by Gasteiger charge is -2.26. The van der Waals surface area contributed by atoms with Crippen LogP contribution in [0.5, 0.6) is 0 Å². The first kappa shape index (κ1) is 11.1. The molecule has 2 rings (SSSR count). The fourth-order valence-corrected chi connectivity index (χ4v) is 1.92. The van der Waals surface area contributed by atoms with Crippen LogP contribution in [-0.2, 0) is 0 Å². The molecule has 1 amide bonds. The number of carbonyl (C=O) groups is 1. The molecule has 0 aromatic heterocycles. The Labute approximate surface area is 96.4 Å². The van der Waals surface area contributed by atoms with E-state index in [-0.39, 0.29) is 5.91 Å². The van der Waals surface area contributed by atoms with Gasteiger partial charge in [-0.2, -0.15) is 0 Å². The zero-order chi connectivity index (χ0) is 11.4. The van der Waals surface area contributed by atoms with Crippen LogP contribution in [-0.4, -0.2) is 24.0 Å². The third-order valence-corrected chi connectivity index (χ3v) is 2.93. The molecule has 86 valence electrons. The lowest BCUT2D eigenvalue weighted by molar-refractivity contribution is 0.0750. The van der Waals surface area contributed by atoms with E-state index < -0.39 is 0 Å². The Hall–Kier alpha value is -1.35. The lowest BCUT2D eigenvalue weighted by atomic mass is 10.1. The van der Waals surface area contributed by atoms with Crippen LogP contribution in [0.4, 0.5) is 0 Å². The van der Waals surface area contributed by atoms with Crippen LogP contribution in [0, 0.1) is 6.92 Å². The van der Waals surface area contributed by atoms with Gasteiger partial charge in [-0.05, 0) is 31.9 Å². The third kappa shape index (κ3) is 2.83. The predicted octanol–water partition coefficient (Wildman–Crippen LogP) is 2.13. The number of piperidine rings is 1. The number of hydrogen-bond acceptors (Lipinski definition) is 2. The third-order valence-electron chi connectivity index (χ3n) is 2.93. The van der Waals surface area contributed by atoms with E-state index in [0.717, 1.165) is 18.7 Å². The quantitative estimate of drug-likeness (QED) is 0.824. The molecule has 1 aromatic rings. The van der Waals surface area contributed by atoms with Gasteiger partial charge in [-0.15, -0.1) is 0 Å². The number of nitrogens with zero attached hydrogens (tertiary/aromatic N) is 1. The molecule has 1 N–H and O–H groups in total. The van der Waals surface area contributed by atoms with E-state index in [0.29, 0.717) is 0 Å². The molecule has 0 radical (unpaired) electrons. The summed E-state index contributed by atoms with van der Waals surface area (Å²) >= 11 is 0. The number of benzene rings is 1. The van der Waals surface area contributed by atoms with Gasteiger partial charge >= 0.3 is 0 Å². The van der Waals surface area contributed by atoms with Crippen LogP contribution < -0.4 is 5.43 Å². The minimum Gasteiger partial charge on any atom is -0.285 e. The van der Waals surface area contributed by atoms with Crippen molar-refractivity contribution in [3.8, 4) is 0 Å². The number of hydrazine groups is 1. The zero-order valence-electron chi connectivity index (χ0n) is 9.70. The Morgan fingerprint density at radius 3 is 2.38 bits per heavy atom. The summed E-state index contributed by atoms with van der Waals surface area (Å²) in [4.78, 5) is 11.9. The second-order valence-corrected chi connectivity index (χ2v) is 4.35. The first-order valence-corrected chi connectivity index (χ1v) is 5.88. The smallest absolute Gasteiger partial charge is 0.265 e. The maximum atomic E-state index is 11.9. The van der Waals surface area contributed by atoms with Crippen molar-refractivity contribution >= 4 is 5.91 Å². The fraction of sp³-hybridized carbons (Fsp3) is 0.462. The molecule has 1 fully saturated rings. The Morgan fingerprint density at radius 1 is 1.12 bits per heavy atom. The maximum Gasteiger partial charge on any atom is 0.265 e. The highest BCUT2D eigenvalue weighted by atomic mass is 16.2. The zero-order valence-corrected chi connectivity index (χ0v) is 9.70. The molecular formula is C13H18N2O. The molecule has 0 bridgehead atoms. The van der Waals surface area contributed by atoms with E-state index in [4.69, 9.17) is 0 Å². The number of carbonyl (C=O) groups excluding carboxylic acids is 1. The number of hydrogen-bond donors (Lipinski definition) is 1. The van der Waals surface area contributed by atoms with Crippen molar-refractivity contribution < 1.29 is 4.79 Å². The van der Waals surface area contributed by atoms with E-state index in [1.807, 2.05) is 36.2 Å². The van der Waals surface area contributed by atoms with Crippen molar-refractivity contribution in [1.82, 2.24) is 10.4 Å². The molecule has 1 heterocycles. The summed E-state index contributed by atoms with van der Waals surface area (Å²) in [5.74, 6) is 0.00176. The number of rotatable bonds is 2. The van der Waals surface area contributed by atoms with Gasteiger partial charge in [0.15, 0.2) is 0 Å². The average molecular weight is 218 g/mol. The molecule has 0 unspecified atom stereocenters. The summed E-state index contributed by atoms with van der Waals surface area (Å²) in [5, 5.41) is 2.02. The summed E-state index contributed by atoms with van der Waals surface area (Å²) in [5.41, 5.74) is 4.86. The van der Waals surface area contributed by atoms with E-state index in [1.165, 1.54) is 24.8 Å². The van der Waals surface area contributed by atoms with Gasteiger partial charge in [0, 0.05) is 18.7 Å². The minimum atomic E-state index is 0.00176. The molecule has 0 atom stereocenters. The topological polar surface area (TPSA) is 32.3 Å². The van der Waals surface area contributed by atoms with Gasteiger partial charge < -0.3 is 0 Å². The van der Waals surface area contributed by atoms with Crippen LogP contribution in [0.15, 0.2) is 24.3 Å². The molecule has 0 aliphatic carbocycles. The minimum absolute atomic E-state index is 0.00176. The first-order valence-electron chi connectivity index (χ1n) is 5.88. The van der Waals surface area contributed by atoms with Gasteiger partial charge in [0.05, 0.1) is 0 Å². The van der Waals surface area contributed by atoms with Crippen LogP contribution in [0.25, 0.3) is 0 Å². The highest BCUT2D eigenvalue weighted by molar-refractivity contribution is 5.93. The molecule has 0 spiro atoms. The molecule has 0 saturated carbocycles. The van der Waals surface area contributed by atoms with Gasteiger partial charge in [0.25, 0.3) is 5.91 Å². The monoisotopic (exact) mass is 218 g/mol. The van der Waals surface area contributed by atoms with E-state index in [1.54, 1.807) is 0 Å². The van der Waals surface area contributed by atoms with Crippen LogP contribution in [0.1, 0.15) is 35.2 Å². The summed E-state index contributed by atoms with van der Waals surface area (Å²) in [7, 11) is 0. The van der Waals surface area contributed by atoms with Gasteiger partial charge in [0.1, 0.15) is 0 Å². The predicted molar refractivity (Wildman–Crippen MR) is 64.1 cm³/mol. The molecule has 3 nitrogen and oxygen atoms in total. The Morgan fingerprint density at radius 2 is 1.75 bits per heavy atom. The molecule has 1 aromatic carbocycles. The summed E-state index contributed by atoms with van der Waals surface area (Å²) in [6.07, 6.45) is 3.62. The van der Waals surface area contributed by atoms with Crippen LogP contribution in [0.2, 0.25) is 0 Å². The van der Waals surface area contributed by atoms with Gasteiger partial charge in [0.2, 0.25) is 0 Å². The first-order chi connectivity index (χ1) is 7.75. The average Bonchev–Trinajstić information content (AvgIpc) is 2.31. The number of amides is 1. The van der Waals surface area contributed by atoms with E-state index >= 15 is 0 Å². The summed E-state index contributed by atoms with van der Waals surface area (Å²) < 4.78 is 0. The standard InChI is InChI=1S/C13H18N2O/c1-11-5-7-12(8-6-11)13(16)14-15-9-3-2-4-10-15/h5-8H,2-4,9-10H2,1H3,(H,14,16). The lowest BCUT2D eigenvalue weighted by Crippen LogP contribution is -2.45. The Kier molecular flexibility index (Phi) is 3.57. The van der Waals surface area contributed by atoms with Crippen molar-refractivity contribution in [3.05, 3.63) is 35.4 Å². The number of nitrogens with one attached hydrogen (secondary N) is 1. The Balaban J connectivity index is 1.94. The van der Waals surface area contributed by atoms with E-state index in [2.05, 4.69) is 5.43 Å². The maximum absolute atomic E-state index is 11.9. The van der Waals surface area contributed by atoms with Crippen LogP contribution >= 0.6 is 0 Å². The fourth-order valence-electron chi connectivity index (χ4n) is 1.92. The SMILES string of the molecule is Cc1ccc(C(=O)NN2CCCCC2)cc1. The molecule has 16 heavy (non-hydrogen) atoms. The van der Waals surface area contributed by atoms with Crippen molar-refractivity contribution in [2.45, 2.75) is 26.2 Å². The van der Waals surface area contributed by atoms with Crippen LogP contribution in [0.3, 0.4) is 0 Å². The van der Waals surface area contributed by atoms with Gasteiger partial charge in [-0.25, -0.2) is 5.01 Å². The highest BCUT2D eigenvalue weighted by Gasteiger charge is 2.13. The second kappa shape index (κ2) is 5.12. The van der Waals surface area contributed by atoms with E-state index in [9.17, 15) is 4.79 Å². The normalized spacial score (nSPS) is 17.1. The van der Waals surface area contributed by atoms with Crippen molar-refractivity contribution in [2.75, 3.05) is 13.1 Å². The van der Waals surface area contributed by atoms with Crippen molar-refractivity contribution in [3.63, 3.8) is 0 Å². The molecule has 3 heteroatoms. The molecular weight excluding hydrogens is 200 g/mol. The van der Waals surface area contributed by atoms with Crippen molar-refractivity contribution in [2.24, 2.45) is 0 Å².